The lowest BCUT2D eigenvalue weighted by atomic mass is 9.80. The molecule has 0 unspecified atom stereocenters. The number of benzene rings is 2. The van der Waals surface area contributed by atoms with Crippen LogP contribution >= 0.6 is 0 Å². The summed E-state index contributed by atoms with van der Waals surface area (Å²) in [6.45, 7) is 4.49. The minimum Gasteiger partial charge on any atom is -0.329 e. The van der Waals surface area contributed by atoms with Gasteiger partial charge in [0.1, 0.15) is 0 Å². The van der Waals surface area contributed by atoms with Crippen LogP contribution in [0.15, 0.2) is 48.5 Å². The molecule has 0 saturated heterocycles. The molecule has 2 aromatic carbocycles. The first-order valence-corrected chi connectivity index (χ1v) is 7.70. The summed E-state index contributed by atoms with van der Waals surface area (Å²) < 4.78 is 0. The Morgan fingerprint density at radius 3 is 2.61 bits per heavy atom. The topological polar surface area (TPSA) is 49.4 Å². The summed E-state index contributed by atoms with van der Waals surface area (Å²) in [5, 5.41) is 2.68. The standard InChI is InChI=1S/C19H20N2O2/c1-19(2)11-15-10-16(20-13-22)8-9-17(15)21(18(19)23)12-14-6-4-3-5-7-14/h3-10,13H,11-12H2,1-2H3,(H,20,22). The maximum atomic E-state index is 12.9. The van der Waals surface area contributed by atoms with E-state index in [-0.39, 0.29) is 5.91 Å². The molecule has 1 heterocycles. The molecule has 0 aromatic heterocycles. The SMILES string of the molecule is CC1(C)Cc2cc(NC=O)ccc2N(Cc2ccccc2)C1=O. The Balaban J connectivity index is 2.01. The van der Waals surface area contributed by atoms with Crippen molar-refractivity contribution in [3.8, 4) is 0 Å². The lowest BCUT2D eigenvalue weighted by Crippen LogP contribution is -2.45. The lowest BCUT2D eigenvalue weighted by Gasteiger charge is -2.39. The van der Waals surface area contributed by atoms with Crippen LogP contribution in [0, 0.1) is 5.41 Å². The zero-order chi connectivity index (χ0) is 16.4. The third-order valence-electron chi connectivity index (χ3n) is 4.24. The highest BCUT2D eigenvalue weighted by atomic mass is 16.2. The normalized spacial score (nSPS) is 15.9. The number of amides is 2. The summed E-state index contributed by atoms with van der Waals surface area (Å²) in [7, 11) is 0. The number of anilines is 2. The predicted molar refractivity (Wildman–Crippen MR) is 91.2 cm³/mol. The number of nitrogens with one attached hydrogen (secondary N) is 1. The van der Waals surface area contributed by atoms with E-state index in [4.69, 9.17) is 0 Å². The van der Waals surface area contributed by atoms with Crippen molar-refractivity contribution in [1.29, 1.82) is 0 Å². The third kappa shape index (κ3) is 2.97. The Hall–Kier alpha value is -2.62. The molecule has 0 fully saturated rings. The van der Waals surface area contributed by atoms with Gasteiger partial charge in [-0.3, -0.25) is 9.59 Å². The zero-order valence-electron chi connectivity index (χ0n) is 13.4. The van der Waals surface area contributed by atoms with Gasteiger partial charge in [0.15, 0.2) is 0 Å². The molecule has 4 heteroatoms. The van der Waals surface area contributed by atoms with Crippen molar-refractivity contribution in [2.45, 2.75) is 26.8 Å². The first kappa shape index (κ1) is 15.3. The molecule has 118 valence electrons. The van der Waals surface area contributed by atoms with Crippen molar-refractivity contribution in [2.24, 2.45) is 5.41 Å². The summed E-state index contributed by atoms with van der Waals surface area (Å²) in [4.78, 5) is 25.4. The van der Waals surface area contributed by atoms with Crippen LogP contribution in [-0.2, 0) is 22.6 Å². The highest BCUT2D eigenvalue weighted by Crippen LogP contribution is 2.39. The molecule has 1 aliphatic heterocycles. The van der Waals surface area contributed by atoms with Gasteiger partial charge in [-0.1, -0.05) is 44.2 Å². The smallest absolute Gasteiger partial charge is 0.233 e. The molecule has 2 amide bonds. The molecular formula is C19H20N2O2. The molecule has 0 bridgehead atoms. The van der Waals surface area contributed by atoms with Gasteiger partial charge in [-0.2, -0.15) is 0 Å². The van der Waals surface area contributed by atoms with Crippen LogP contribution in [-0.4, -0.2) is 12.3 Å². The molecule has 0 atom stereocenters. The molecule has 4 nitrogen and oxygen atoms in total. The van der Waals surface area contributed by atoms with Gasteiger partial charge >= 0.3 is 0 Å². The van der Waals surface area contributed by atoms with Crippen LogP contribution in [0.5, 0.6) is 0 Å². The minimum absolute atomic E-state index is 0.130. The summed E-state index contributed by atoms with van der Waals surface area (Å²) in [6.07, 6.45) is 1.34. The number of fused-ring (bicyclic) bond motifs is 1. The number of hydrogen-bond acceptors (Lipinski definition) is 2. The highest BCUT2D eigenvalue weighted by molar-refractivity contribution is 6.00. The molecule has 0 saturated carbocycles. The Morgan fingerprint density at radius 2 is 1.91 bits per heavy atom. The van der Waals surface area contributed by atoms with E-state index >= 15 is 0 Å². The molecule has 1 N–H and O–H groups in total. The van der Waals surface area contributed by atoms with Gasteiger partial charge in [0.2, 0.25) is 12.3 Å². The fourth-order valence-corrected chi connectivity index (χ4v) is 3.10. The van der Waals surface area contributed by atoms with Gasteiger partial charge in [0.25, 0.3) is 0 Å². The van der Waals surface area contributed by atoms with E-state index in [2.05, 4.69) is 5.32 Å². The van der Waals surface area contributed by atoms with Crippen LogP contribution in [0.3, 0.4) is 0 Å². The average molecular weight is 308 g/mol. The molecule has 1 aliphatic rings. The first-order chi connectivity index (χ1) is 11.0. The molecule has 0 spiro atoms. The van der Waals surface area contributed by atoms with Crippen LogP contribution < -0.4 is 10.2 Å². The van der Waals surface area contributed by atoms with Gasteiger partial charge in [0, 0.05) is 16.8 Å². The van der Waals surface area contributed by atoms with Crippen molar-refractivity contribution >= 4 is 23.7 Å². The quantitative estimate of drug-likeness (QED) is 0.880. The van der Waals surface area contributed by atoms with Gasteiger partial charge in [-0.05, 0) is 35.7 Å². The van der Waals surface area contributed by atoms with Crippen molar-refractivity contribution < 1.29 is 9.59 Å². The van der Waals surface area contributed by atoms with Gasteiger partial charge in [-0.25, -0.2) is 0 Å². The Bertz CT molecular complexity index is 738. The zero-order valence-corrected chi connectivity index (χ0v) is 13.4. The second-order valence-corrected chi connectivity index (χ2v) is 6.54. The molecule has 23 heavy (non-hydrogen) atoms. The summed E-state index contributed by atoms with van der Waals surface area (Å²) in [6, 6.07) is 15.7. The Kier molecular flexibility index (Phi) is 3.90. The molecular weight excluding hydrogens is 288 g/mol. The minimum atomic E-state index is -0.457. The van der Waals surface area contributed by atoms with Gasteiger partial charge in [-0.15, -0.1) is 0 Å². The van der Waals surface area contributed by atoms with Gasteiger partial charge < -0.3 is 10.2 Å². The number of carbonyl (C=O) groups excluding carboxylic acids is 2. The van der Waals surface area contributed by atoms with E-state index < -0.39 is 5.41 Å². The lowest BCUT2D eigenvalue weighted by molar-refractivity contribution is -0.127. The maximum absolute atomic E-state index is 12.9. The monoisotopic (exact) mass is 308 g/mol. The fraction of sp³-hybridized carbons (Fsp3) is 0.263. The van der Waals surface area contributed by atoms with E-state index in [9.17, 15) is 9.59 Å². The van der Waals surface area contributed by atoms with Crippen molar-refractivity contribution in [3.63, 3.8) is 0 Å². The Morgan fingerprint density at radius 1 is 1.17 bits per heavy atom. The number of carbonyl (C=O) groups is 2. The highest BCUT2D eigenvalue weighted by Gasteiger charge is 2.38. The molecule has 0 radical (unpaired) electrons. The maximum Gasteiger partial charge on any atom is 0.233 e. The van der Waals surface area contributed by atoms with Crippen molar-refractivity contribution in [1.82, 2.24) is 0 Å². The van der Waals surface area contributed by atoms with E-state index in [1.165, 1.54) is 0 Å². The summed E-state index contributed by atoms with van der Waals surface area (Å²) in [5.74, 6) is 0.130. The van der Waals surface area contributed by atoms with Crippen LogP contribution in [0.25, 0.3) is 0 Å². The Labute approximate surface area is 136 Å². The second-order valence-electron chi connectivity index (χ2n) is 6.54. The fourth-order valence-electron chi connectivity index (χ4n) is 3.10. The van der Waals surface area contributed by atoms with Gasteiger partial charge in [0.05, 0.1) is 6.54 Å². The van der Waals surface area contributed by atoms with E-state index in [0.717, 1.165) is 22.5 Å². The summed E-state index contributed by atoms with van der Waals surface area (Å²) in [5.41, 5.74) is 3.40. The van der Waals surface area contributed by atoms with Crippen molar-refractivity contribution in [3.05, 3.63) is 59.7 Å². The van der Waals surface area contributed by atoms with E-state index in [1.807, 2.05) is 67.3 Å². The number of nitrogens with zero attached hydrogens (tertiary/aromatic N) is 1. The van der Waals surface area contributed by atoms with Crippen LogP contribution in [0.2, 0.25) is 0 Å². The van der Waals surface area contributed by atoms with Crippen molar-refractivity contribution in [2.75, 3.05) is 10.2 Å². The van der Waals surface area contributed by atoms with E-state index in [1.54, 1.807) is 0 Å². The molecule has 3 rings (SSSR count). The van der Waals surface area contributed by atoms with Crippen LogP contribution in [0.4, 0.5) is 11.4 Å². The molecule has 2 aromatic rings. The first-order valence-electron chi connectivity index (χ1n) is 7.70. The molecule has 0 aliphatic carbocycles. The van der Waals surface area contributed by atoms with E-state index in [0.29, 0.717) is 19.4 Å². The third-order valence-corrected chi connectivity index (χ3v) is 4.24. The summed E-state index contributed by atoms with van der Waals surface area (Å²) >= 11 is 0. The predicted octanol–water partition coefficient (Wildman–Crippen LogP) is 3.37. The van der Waals surface area contributed by atoms with Crippen LogP contribution in [0.1, 0.15) is 25.0 Å². The average Bonchev–Trinajstić information content (AvgIpc) is 2.53. The number of rotatable bonds is 4. The second kappa shape index (κ2) is 5.88. The number of hydrogen-bond donors (Lipinski definition) is 1. The largest absolute Gasteiger partial charge is 0.329 e.